The van der Waals surface area contributed by atoms with Crippen molar-refractivity contribution >= 4 is 5.97 Å². The highest BCUT2D eigenvalue weighted by molar-refractivity contribution is 5.84. The lowest BCUT2D eigenvalue weighted by atomic mass is 9.66. The molecular weight excluding hydrogens is 276 g/mol. The summed E-state index contributed by atoms with van der Waals surface area (Å²) in [5, 5.41) is 20.9. The van der Waals surface area contributed by atoms with Crippen LogP contribution in [0.15, 0.2) is 12.1 Å². The number of hydrogen-bond acceptors (Lipinski definition) is 2. The maximum absolute atomic E-state index is 12.2. The third kappa shape index (κ3) is 2.73. The summed E-state index contributed by atoms with van der Waals surface area (Å²) in [6.07, 6.45) is 4.15. The molecule has 3 heteroatoms. The number of phenols is 1. The van der Waals surface area contributed by atoms with E-state index < -0.39 is 11.4 Å². The highest BCUT2D eigenvalue weighted by atomic mass is 16.4. The molecule has 2 rings (SSSR count). The standard InChI is InChI=1S/C19H28O3/c1-12(2)14-8-9-15(13(3)4)17(20)16(14)19(18(21)22)10-6-5-7-11-19/h8-9,12-13,20H,5-7,10-11H2,1-4H3,(H,21,22). The van der Waals surface area contributed by atoms with Gasteiger partial charge in [-0.15, -0.1) is 0 Å². The zero-order valence-corrected chi connectivity index (χ0v) is 14.1. The van der Waals surface area contributed by atoms with Crippen molar-refractivity contribution in [1.82, 2.24) is 0 Å². The molecule has 22 heavy (non-hydrogen) atoms. The van der Waals surface area contributed by atoms with E-state index in [0.29, 0.717) is 18.4 Å². The summed E-state index contributed by atoms with van der Waals surface area (Å²) < 4.78 is 0. The average molecular weight is 304 g/mol. The quantitative estimate of drug-likeness (QED) is 0.829. The van der Waals surface area contributed by atoms with Crippen molar-refractivity contribution in [3.63, 3.8) is 0 Å². The van der Waals surface area contributed by atoms with Crippen LogP contribution in [0.3, 0.4) is 0 Å². The number of carboxylic acids is 1. The first-order chi connectivity index (χ1) is 10.3. The third-order valence-corrected chi connectivity index (χ3v) is 5.08. The number of benzene rings is 1. The molecule has 0 bridgehead atoms. The Morgan fingerprint density at radius 2 is 1.50 bits per heavy atom. The SMILES string of the molecule is CC(C)c1ccc(C(C)C)c(C2(C(=O)O)CCCCC2)c1O. The Balaban J connectivity index is 2.73. The Morgan fingerprint density at radius 3 is 1.95 bits per heavy atom. The Labute approximate surface area is 133 Å². The topological polar surface area (TPSA) is 57.5 Å². The van der Waals surface area contributed by atoms with Crippen LogP contribution in [0.4, 0.5) is 0 Å². The molecule has 0 radical (unpaired) electrons. The first-order valence-corrected chi connectivity index (χ1v) is 8.41. The monoisotopic (exact) mass is 304 g/mol. The summed E-state index contributed by atoms with van der Waals surface area (Å²) in [7, 11) is 0. The van der Waals surface area contributed by atoms with Crippen molar-refractivity contribution < 1.29 is 15.0 Å². The van der Waals surface area contributed by atoms with E-state index in [1.807, 2.05) is 26.0 Å². The predicted molar refractivity (Wildman–Crippen MR) is 88.7 cm³/mol. The van der Waals surface area contributed by atoms with Crippen molar-refractivity contribution in [2.75, 3.05) is 0 Å². The van der Waals surface area contributed by atoms with Crippen LogP contribution in [0.1, 0.15) is 88.3 Å². The number of phenolic OH excluding ortho intramolecular Hbond substituents is 1. The summed E-state index contributed by atoms with van der Waals surface area (Å²) in [6, 6.07) is 3.98. The number of aliphatic carboxylic acids is 1. The summed E-state index contributed by atoms with van der Waals surface area (Å²) in [6.45, 7) is 8.18. The molecule has 1 saturated carbocycles. The summed E-state index contributed by atoms with van der Waals surface area (Å²) >= 11 is 0. The van der Waals surface area contributed by atoms with E-state index in [1.54, 1.807) is 0 Å². The van der Waals surface area contributed by atoms with Gasteiger partial charge in [-0.25, -0.2) is 0 Å². The van der Waals surface area contributed by atoms with Gasteiger partial charge >= 0.3 is 5.97 Å². The van der Waals surface area contributed by atoms with Crippen LogP contribution in [0, 0.1) is 0 Å². The number of hydrogen-bond donors (Lipinski definition) is 2. The molecule has 0 spiro atoms. The van der Waals surface area contributed by atoms with E-state index in [2.05, 4.69) is 13.8 Å². The zero-order chi connectivity index (χ0) is 16.5. The molecule has 0 aromatic heterocycles. The van der Waals surface area contributed by atoms with Crippen molar-refractivity contribution in [2.24, 2.45) is 0 Å². The first kappa shape index (κ1) is 16.9. The minimum absolute atomic E-state index is 0.175. The molecule has 122 valence electrons. The summed E-state index contributed by atoms with van der Waals surface area (Å²) in [4.78, 5) is 12.2. The molecule has 1 aliphatic carbocycles. The van der Waals surface area contributed by atoms with Crippen LogP contribution in [-0.4, -0.2) is 16.2 Å². The highest BCUT2D eigenvalue weighted by Crippen LogP contribution is 2.48. The fourth-order valence-electron chi connectivity index (χ4n) is 3.80. The van der Waals surface area contributed by atoms with Crippen molar-refractivity contribution in [1.29, 1.82) is 0 Å². The normalized spacial score (nSPS) is 17.9. The van der Waals surface area contributed by atoms with Crippen LogP contribution in [0.25, 0.3) is 0 Å². The second-order valence-electron chi connectivity index (χ2n) is 7.22. The fourth-order valence-corrected chi connectivity index (χ4v) is 3.80. The van der Waals surface area contributed by atoms with E-state index in [4.69, 9.17) is 0 Å². The van der Waals surface area contributed by atoms with Gasteiger partial charge in [0.25, 0.3) is 0 Å². The van der Waals surface area contributed by atoms with Crippen molar-refractivity contribution in [3.8, 4) is 5.75 Å². The lowest BCUT2D eigenvalue weighted by molar-refractivity contribution is -0.145. The number of carboxylic acid groups (broad SMARTS) is 1. The van der Waals surface area contributed by atoms with Crippen LogP contribution in [0.2, 0.25) is 0 Å². The second kappa shape index (κ2) is 6.31. The minimum Gasteiger partial charge on any atom is -0.507 e. The maximum atomic E-state index is 12.2. The largest absolute Gasteiger partial charge is 0.507 e. The molecule has 3 nitrogen and oxygen atoms in total. The van der Waals surface area contributed by atoms with Crippen molar-refractivity contribution in [3.05, 3.63) is 28.8 Å². The smallest absolute Gasteiger partial charge is 0.314 e. The van der Waals surface area contributed by atoms with E-state index in [9.17, 15) is 15.0 Å². The van der Waals surface area contributed by atoms with Crippen LogP contribution >= 0.6 is 0 Å². The van der Waals surface area contributed by atoms with E-state index in [-0.39, 0.29) is 17.6 Å². The highest BCUT2D eigenvalue weighted by Gasteiger charge is 2.45. The van der Waals surface area contributed by atoms with E-state index in [1.165, 1.54) is 0 Å². The Morgan fingerprint density at radius 1 is 1.00 bits per heavy atom. The van der Waals surface area contributed by atoms with Gasteiger partial charge in [-0.1, -0.05) is 59.1 Å². The van der Waals surface area contributed by atoms with Crippen LogP contribution in [0.5, 0.6) is 5.75 Å². The van der Waals surface area contributed by atoms with Crippen molar-refractivity contribution in [2.45, 2.75) is 77.0 Å². The Bertz CT molecular complexity index is 552. The maximum Gasteiger partial charge on any atom is 0.314 e. The molecule has 1 aromatic rings. The summed E-state index contributed by atoms with van der Waals surface area (Å²) in [5.41, 5.74) is 1.59. The van der Waals surface area contributed by atoms with Gasteiger partial charge in [-0.3, -0.25) is 4.79 Å². The first-order valence-electron chi connectivity index (χ1n) is 8.41. The van der Waals surface area contributed by atoms with Gasteiger partial charge < -0.3 is 10.2 Å². The Hall–Kier alpha value is -1.51. The van der Waals surface area contributed by atoms with Crippen LogP contribution in [-0.2, 0) is 10.2 Å². The van der Waals surface area contributed by atoms with Gasteiger partial charge in [0.15, 0.2) is 0 Å². The minimum atomic E-state index is -0.924. The number of rotatable bonds is 4. The molecule has 1 fully saturated rings. The molecule has 0 aliphatic heterocycles. The number of carbonyl (C=O) groups is 1. The van der Waals surface area contributed by atoms with Gasteiger partial charge in [0.1, 0.15) is 5.75 Å². The lowest BCUT2D eigenvalue weighted by Gasteiger charge is -2.37. The van der Waals surface area contributed by atoms with Crippen LogP contribution < -0.4 is 0 Å². The number of aromatic hydroxyl groups is 1. The van der Waals surface area contributed by atoms with E-state index >= 15 is 0 Å². The van der Waals surface area contributed by atoms with Gasteiger partial charge in [-0.05, 0) is 35.8 Å². The molecule has 0 unspecified atom stereocenters. The molecule has 1 aliphatic rings. The molecule has 0 saturated heterocycles. The average Bonchev–Trinajstić information content (AvgIpc) is 2.46. The third-order valence-electron chi connectivity index (χ3n) is 5.08. The molecule has 0 heterocycles. The lowest BCUT2D eigenvalue weighted by Crippen LogP contribution is -2.39. The summed E-state index contributed by atoms with van der Waals surface area (Å²) in [5.74, 6) is -0.203. The van der Waals surface area contributed by atoms with Gasteiger partial charge in [0, 0.05) is 5.56 Å². The molecule has 1 aromatic carbocycles. The molecule has 0 atom stereocenters. The molecule has 2 N–H and O–H groups in total. The van der Waals surface area contributed by atoms with E-state index in [0.717, 1.165) is 30.4 Å². The Kier molecular flexibility index (Phi) is 4.84. The fraction of sp³-hybridized carbons (Fsp3) is 0.632. The zero-order valence-electron chi connectivity index (χ0n) is 14.1. The van der Waals surface area contributed by atoms with Gasteiger partial charge in [-0.2, -0.15) is 0 Å². The molecule has 0 amide bonds. The van der Waals surface area contributed by atoms with Gasteiger partial charge in [0.05, 0.1) is 5.41 Å². The second-order valence-corrected chi connectivity index (χ2v) is 7.22. The van der Waals surface area contributed by atoms with Gasteiger partial charge in [0.2, 0.25) is 0 Å². The predicted octanol–water partition coefficient (Wildman–Crippen LogP) is 4.93. The molecular formula is C19H28O3.